The highest BCUT2D eigenvalue weighted by Crippen LogP contribution is 2.29. The number of hydrogen-bond acceptors (Lipinski definition) is 3. The molecule has 1 aliphatic heterocycles. The lowest BCUT2D eigenvalue weighted by Crippen LogP contribution is -2.30. The lowest BCUT2D eigenvalue weighted by Gasteiger charge is -2.11. The van der Waals surface area contributed by atoms with E-state index in [0.717, 1.165) is 20.5 Å². The molecule has 1 fully saturated rings. The van der Waals surface area contributed by atoms with Crippen LogP contribution in [-0.2, 0) is 11.4 Å². The molecule has 0 saturated carbocycles. The Hall–Kier alpha value is -3.09. The van der Waals surface area contributed by atoms with Gasteiger partial charge in [-0.1, -0.05) is 53.6 Å². The van der Waals surface area contributed by atoms with Gasteiger partial charge in [0.15, 0.2) is 0 Å². The van der Waals surface area contributed by atoms with E-state index in [2.05, 4.69) is 27.3 Å². The van der Waals surface area contributed by atoms with E-state index in [-0.39, 0.29) is 5.70 Å². The highest BCUT2D eigenvalue weighted by atomic mass is 79.9. The van der Waals surface area contributed by atoms with Crippen molar-refractivity contribution in [3.8, 4) is 5.75 Å². The molecule has 0 spiro atoms. The molecule has 3 aromatic carbocycles. The molecule has 1 aliphatic rings. The highest BCUT2D eigenvalue weighted by molar-refractivity contribution is 9.10. The number of ether oxygens (including phenoxy) is 1. The molecule has 0 aliphatic carbocycles. The Morgan fingerprint density at radius 1 is 1.06 bits per heavy atom. The molecule has 3 aromatic rings. The number of carbonyl (C=O) groups is 2. The van der Waals surface area contributed by atoms with Gasteiger partial charge in [0.2, 0.25) is 0 Å². The fourth-order valence-electron chi connectivity index (χ4n) is 3.24. The summed E-state index contributed by atoms with van der Waals surface area (Å²) in [6, 6.07) is 19.7. The first-order valence-electron chi connectivity index (χ1n) is 9.51. The fraction of sp³-hybridized carbons (Fsp3) is 0.0833. The molecule has 5 nitrogen and oxygen atoms in total. The summed E-state index contributed by atoms with van der Waals surface area (Å²) in [5.74, 6) is 0.245. The van der Waals surface area contributed by atoms with Gasteiger partial charge >= 0.3 is 6.03 Å². The van der Waals surface area contributed by atoms with Crippen molar-refractivity contribution in [2.75, 3.05) is 4.90 Å². The minimum Gasteiger partial charge on any atom is -0.488 e. The predicted octanol–water partition coefficient (Wildman–Crippen LogP) is 6.09. The molecule has 0 atom stereocenters. The van der Waals surface area contributed by atoms with Gasteiger partial charge in [-0.2, -0.15) is 0 Å². The Morgan fingerprint density at radius 2 is 1.87 bits per heavy atom. The van der Waals surface area contributed by atoms with Crippen molar-refractivity contribution in [1.29, 1.82) is 0 Å². The van der Waals surface area contributed by atoms with Gasteiger partial charge in [0.05, 0.1) is 10.2 Å². The van der Waals surface area contributed by atoms with Crippen molar-refractivity contribution in [1.82, 2.24) is 5.32 Å². The number of aryl methyl sites for hydroxylation is 1. The van der Waals surface area contributed by atoms with E-state index >= 15 is 0 Å². The first-order valence-corrected chi connectivity index (χ1v) is 10.7. The van der Waals surface area contributed by atoms with Crippen LogP contribution in [0.1, 0.15) is 16.7 Å². The lowest BCUT2D eigenvalue weighted by molar-refractivity contribution is -0.113. The topological polar surface area (TPSA) is 58.6 Å². The summed E-state index contributed by atoms with van der Waals surface area (Å²) in [4.78, 5) is 26.2. The molecular weight excluding hydrogens is 480 g/mol. The van der Waals surface area contributed by atoms with Gasteiger partial charge in [0, 0.05) is 5.02 Å². The molecule has 4 rings (SSSR count). The number of imide groups is 1. The zero-order chi connectivity index (χ0) is 22.0. The molecule has 1 heterocycles. The van der Waals surface area contributed by atoms with Crippen molar-refractivity contribution in [3.05, 3.63) is 98.6 Å². The van der Waals surface area contributed by atoms with Crippen LogP contribution in [0.3, 0.4) is 0 Å². The molecule has 7 heteroatoms. The number of carbonyl (C=O) groups excluding carboxylic acids is 2. The standard InChI is InChI=1S/C24H18BrClN2O3/c1-15-4-2-5-17(10-15)14-31-22-9-8-16(11-20(22)25)12-21-23(29)28(24(30)27-21)19-7-3-6-18(26)13-19/h2-13H,14H2,1H3,(H,27,30)/b21-12+. The van der Waals surface area contributed by atoms with Gasteiger partial charge in [-0.25, -0.2) is 9.69 Å². The number of anilines is 1. The second-order valence-corrected chi connectivity index (χ2v) is 8.37. The molecule has 156 valence electrons. The SMILES string of the molecule is Cc1cccc(COc2ccc(/C=C3/NC(=O)N(c4cccc(Cl)c4)C3=O)cc2Br)c1. The third-order valence-electron chi connectivity index (χ3n) is 4.69. The summed E-state index contributed by atoms with van der Waals surface area (Å²) in [6.07, 6.45) is 1.62. The zero-order valence-electron chi connectivity index (χ0n) is 16.6. The van der Waals surface area contributed by atoms with E-state index in [1.54, 1.807) is 30.3 Å². The Morgan fingerprint density at radius 3 is 2.61 bits per heavy atom. The van der Waals surface area contributed by atoms with Gasteiger partial charge in [-0.15, -0.1) is 0 Å². The first-order chi connectivity index (χ1) is 14.9. The number of rotatable bonds is 5. The first kappa shape index (κ1) is 21.2. The average Bonchev–Trinajstić information content (AvgIpc) is 3.00. The Labute approximate surface area is 193 Å². The third kappa shape index (κ3) is 4.81. The lowest BCUT2D eigenvalue weighted by atomic mass is 10.1. The van der Waals surface area contributed by atoms with Crippen molar-refractivity contribution < 1.29 is 14.3 Å². The molecule has 0 unspecified atom stereocenters. The highest BCUT2D eigenvalue weighted by Gasteiger charge is 2.34. The summed E-state index contributed by atoms with van der Waals surface area (Å²) in [5, 5.41) is 3.06. The smallest absolute Gasteiger partial charge is 0.333 e. The minimum atomic E-state index is -0.518. The van der Waals surface area contributed by atoms with Crippen molar-refractivity contribution in [2.24, 2.45) is 0 Å². The van der Waals surface area contributed by atoms with E-state index in [9.17, 15) is 9.59 Å². The van der Waals surface area contributed by atoms with Crippen LogP contribution in [0.5, 0.6) is 5.75 Å². The molecule has 1 saturated heterocycles. The van der Waals surface area contributed by atoms with E-state index in [0.29, 0.717) is 23.1 Å². The van der Waals surface area contributed by atoms with Crippen molar-refractivity contribution in [2.45, 2.75) is 13.5 Å². The monoisotopic (exact) mass is 496 g/mol. The molecule has 1 N–H and O–H groups in total. The van der Waals surface area contributed by atoms with E-state index in [1.165, 1.54) is 5.56 Å². The van der Waals surface area contributed by atoms with E-state index in [4.69, 9.17) is 16.3 Å². The van der Waals surface area contributed by atoms with Crippen molar-refractivity contribution in [3.63, 3.8) is 0 Å². The number of urea groups is 1. The van der Waals surface area contributed by atoms with Crippen LogP contribution >= 0.6 is 27.5 Å². The van der Waals surface area contributed by atoms with Gasteiger partial charge in [0.25, 0.3) is 5.91 Å². The number of amides is 3. The maximum atomic E-state index is 12.8. The Bertz CT molecular complexity index is 1210. The average molecular weight is 498 g/mol. The van der Waals surface area contributed by atoms with Gasteiger partial charge in [-0.05, 0) is 70.4 Å². The van der Waals surface area contributed by atoms with E-state index in [1.807, 2.05) is 43.3 Å². The molecule has 0 aromatic heterocycles. The molecular formula is C24H18BrClN2O3. The second kappa shape index (κ2) is 8.96. The Balaban J connectivity index is 1.50. The van der Waals surface area contributed by atoms with Crippen LogP contribution < -0.4 is 15.0 Å². The maximum absolute atomic E-state index is 12.8. The fourth-order valence-corrected chi connectivity index (χ4v) is 3.93. The summed E-state index contributed by atoms with van der Waals surface area (Å²) in [5.41, 5.74) is 3.60. The third-order valence-corrected chi connectivity index (χ3v) is 5.54. The quantitative estimate of drug-likeness (QED) is 0.343. The molecule has 0 radical (unpaired) electrons. The van der Waals surface area contributed by atoms with E-state index < -0.39 is 11.9 Å². The van der Waals surface area contributed by atoms with Crippen LogP contribution in [0, 0.1) is 6.92 Å². The predicted molar refractivity (Wildman–Crippen MR) is 125 cm³/mol. The summed E-state index contributed by atoms with van der Waals surface area (Å²) in [6.45, 7) is 2.49. The molecule has 0 bridgehead atoms. The van der Waals surface area contributed by atoms with Crippen LogP contribution in [0.25, 0.3) is 6.08 Å². The number of benzene rings is 3. The molecule has 3 amide bonds. The number of nitrogens with zero attached hydrogens (tertiary/aromatic N) is 1. The van der Waals surface area contributed by atoms with Gasteiger partial charge < -0.3 is 10.1 Å². The molecule has 31 heavy (non-hydrogen) atoms. The number of halogens is 2. The second-order valence-electron chi connectivity index (χ2n) is 7.08. The largest absolute Gasteiger partial charge is 0.488 e. The van der Waals surface area contributed by atoms with Gasteiger partial charge in [-0.3, -0.25) is 4.79 Å². The number of nitrogens with one attached hydrogen (secondary N) is 1. The van der Waals surface area contributed by atoms with Crippen LogP contribution in [0.15, 0.2) is 76.9 Å². The summed E-state index contributed by atoms with van der Waals surface area (Å²) < 4.78 is 6.65. The van der Waals surface area contributed by atoms with Gasteiger partial charge in [0.1, 0.15) is 18.1 Å². The Kier molecular flexibility index (Phi) is 6.11. The zero-order valence-corrected chi connectivity index (χ0v) is 18.9. The van der Waals surface area contributed by atoms with Crippen LogP contribution in [0.4, 0.5) is 10.5 Å². The number of hydrogen-bond donors (Lipinski definition) is 1. The normalized spacial score (nSPS) is 14.8. The van der Waals surface area contributed by atoms with Crippen LogP contribution in [-0.4, -0.2) is 11.9 Å². The minimum absolute atomic E-state index is 0.185. The summed E-state index contributed by atoms with van der Waals surface area (Å²) >= 11 is 9.50. The van der Waals surface area contributed by atoms with Crippen molar-refractivity contribution >= 4 is 51.2 Å². The maximum Gasteiger partial charge on any atom is 0.333 e. The summed E-state index contributed by atoms with van der Waals surface area (Å²) in [7, 11) is 0. The van der Waals surface area contributed by atoms with Crippen LogP contribution in [0.2, 0.25) is 5.02 Å².